The summed E-state index contributed by atoms with van der Waals surface area (Å²) in [5.41, 5.74) is 0.609. The van der Waals surface area contributed by atoms with Crippen molar-refractivity contribution >= 4 is 29.1 Å². The lowest BCUT2D eigenvalue weighted by atomic mass is 10.2. The van der Waals surface area contributed by atoms with Crippen LogP contribution >= 0.6 is 11.6 Å². The fourth-order valence-electron chi connectivity index (χ4n) is 1.48. The largest absolute Gasteiger partial charge is 0.495 e. The number of aromatic carboxylic acids is 1. The van der Waals surface area contributed by atoms with E-state index < -0.39 is 5.97 Å². The van der Waals surface area contributed by atoms with E-state index in [1.54, 1.807) is 6.07 Å². The Hall–Kier alpha value is -2.34. The lowest BCUT2D eigenvalue weighted by molar-refractivity contribution is 0.0697. The van der Waals surface area contributed by atoms with Gasteiger partial charge in [-0.15, -0.1) is 0 Å². The van der Waals surface area contributed by atoms with Crippen LogP contribution in [0.1, 0.15) is 10.4 Å². The molecule has 7 heteroatoms. The summed E-state index contributed by atoms with van der Waals surface area (Å²) < 4.78 is 5.15. The highest BCUT2D eigenvalue weighted by Gasteiger charge is 2.10. The summed E-state index contributed by atoms with van der Waals surface area (Å²) in [6, 6.07) is 4.46. The first kappa shape index (κ1) is 13.1. The highest BCUT2D eigenvalue weighted by molar-refractivity contribution is 6.29. The van der Waals surface area contributed by atoms with Crippen molar-refractivity contribution in [2.45, 2.75) is 0 Å². The summed E-state index contributed by atoms with van der Waals surface area (Å²) in [5.74, 6) is -0.136. The number of carboxylic acids is 1. The first-order valence-electron chi connectivity index (χ1n) is 5.26. The Morgan fingerprint density at radius 3 is 2.84 bits per heavy atom. The van der Waals surface area contributed by atoms with Gasteiger partial charge in [-0.2, -0.15) is 0 Å². The first-order chi connectivity index (χ1) is 9.10. The first-order valence-corrected chi connectivity index (χ1v) is 5.64. The van der Waals surface area contributed by atoms with Crippen LogP contribution < -0.4 is 10.1 Å². The molecule has 2 aromatic rings. The van der Waals surface area contributed by atoms with Gasteiger partial charge in [0.2, 0.25) is 0 Å². The zero-order chi connectivity index (χ0) is 13.8. The molecule has 98 valence electrons. The third-order valence-electron chi connectivity index (χ3n) is 2.31. The Kier molecular flexibility index (Phi) is 3.82. The van der Waals surface area contributed by atoms with Crippen LogP contribution in [0.5, 0.6) is 5.75 Å². The molecule has 0 unspecified atom stereocenters. The second-order valence-corrected chi connectivity index (χ2v) is 3.96. The molecule has 0 radical (unpaired) electrons. The van der Waals surface area contributed by atoms with Crippen molar-refractivity contribution in [1.82, 2.24) is 9.97 Å². The van der Waals surface area contributed by atoms with Crippen LogP contribution in [-0.4, -0.2) is 28.2 Å². The van der Waals surface area contributed by atoms with E-state index in [9.17, 15) is 4.79 Å². The number of anilines is 2. The standard InChI is InChI=1S/C12H10ClN3O3/c1-19-9-3-2-7(12(17)18)4-8(9)15-11-6-14-5-10(13)16-11/h2-6H,1H3,(H,15,16)(H,17,18). The van der Waals surface area contributed by atoms with Gasteiger partial charge in [-0.1, -0.05) is 11.6 Å². The molecule has 0 saturated carbocycles. The zero-order valence-electron chi connectivity index (χ0n) is 9.92. The van der Waals surface area contributed by atoms with Crippen molar-refractivity contribution in [1.29, 1.82) is 0 Å². The number of nitrogens with zero attached hydrogens (tertiary/aromatic N) is 2. The van der Waals surface area contributed by atoms with Crippen molar-refractivity contribution in [2.24, 2.45) is 0 Å². The molecular weight excluding hydrogens is 270 g/mol. The van der Waals surface area contributed by atoms with E-state index in [2.05, 4.69) is 15.3 Å². The minimum atomic E-state index is -1.03. The Labute approximate surface area is 114 Å². The van der Waals surface area contributed by atoms with Gasteiger partial charge in [0.1, 0.15) is 10.9 Å². The molecule has 2 N–H and O–H groups in total. The lowest BCUT2D eigenvalue weighted by Gasteiger charge is -2.11. The maximum atomic E-state index is 10.9. The molecule has 0 aliphatic carbocycles. The molecule has 0 amide bonds. The molecular formula is C12H10ClN3O3. The zero-order valence-corrected chi connectivity index (χ0v) is 10.7. The molecule has 0 saturated heterocycles. The van der Waals surface area contributed by atoms with Gasteiger partial charge in [-0.3, -0.25) is 4.98 Å². The molecule has 0 spiro atoms. The van der Waals surface area contributed by atoms with Crippen molar-refractivity contribution < 1.29 is 14.6 Å². The van der Waals surface area contributed by atoms with Crippen molar-refractivity contribution in [3.63, 3.8) is 0 Å². The van der Waals surface area contributed by atoms with E-state index in [1.165, 1.54) is 31.6 Å². The number of halogens is 1. The molecule has 1 aromatic carbocycles. The number of hydrogen-bond acceptors (Lipinski definition) is 5. The fraction of sp³-hybridized carbons (Fsp3) is 0.0833. The highest BCUT2D eigenvalue weighted by atomic mass is 35.5. The summed E-state index contributed by atoms with van der Waals surface area (Å²) >= 11 is 5.73. The van der Waals surface area contributed by atoms with Gasteiger partial charge in [-0.25, -0.2) is 9.78 Å². The Balaban J connectivity index is 2.37. The van der Waals surface area contributed by atoms with E-state index in [4.69, 9.17) is 21.4 Å². The second-order valence-electron chi connectivity index (χ2n) is 3.57. The maximum absolute atomic E-state index is 10.9. The molecule has 1 aromatic heterocycles. The third-order valence-corrected chi connectivity index (χ3v) is 2.50. The van der Waals surface area contributed by atoms with Crippen molar-refractivity contribution in [3.8, 4) is 5.75 Å². The Morgan fingerprint density at radius 2 is 2.21 bits per heavy atom. The van der Waals surface area contributed by atoms with Crippen LogP contribution in [0.3, 0.4) is 0 Å². The van der Waals surface area contributed by atoms with Gasteiger partial charge in [-0.05, 0) is 18.2 Å². The molecule has 0 atom stereocenters. The molecule has 6 nitrogen and oxygen atoms in total. The van der Waals surface area contributed by atoms with Crippen LogP contribution in [0.15, 0.2) is 30.6 Å². The highest BCUT2D eigenvalue weighted by Crippen LogP contribution is 2.28. The van der Waals surface area contributed by atoms with E-state index >= 15 is 0 Å². The summed E-state index contributed by atoms with van der Waals surface area (Å²) in [5, 5.41) is 12.1. The van der Waals surface area contributed by atoms with Gasteiger partial charge in [0.05, 0.1) is 30.8 Å². The lowest BCUT2D eigenvalue weighted by Crippen LogP contribution is -2.01. The number of rotatable bonds is 4. The van der Waals surface area contributed by atoms with Crippen LogP contribution in [-0.2, 0) is 0 Å². The second kappa shape index (κ2) is 5.53. The summed E-state index contributed by atoms with van der Waals surface area (Å²) in [6.07, 6.45) is 2.87. The normalized spacial score (nSPS) is 10.0. The molecule has 0 fully saturated rings. The SMILES string of the molecule is COc1ccc(C(=O)O)cc1Nc1cncc(Cl)n1. The van der Waals surface area contributed by atoms with Gasteiger partial charge < -0.3 is 15.2 Å². The van der Waals surface area contributed by atoms with Crippen LogP contribution in [0.2, 0.25) is 5.15 Å². The minimum Gasteiger partial charge on any atom is -0.495 e. The van der Waals surface area contributed by atoms with Crippen LogP contribution in [0.4, 0.5) is 11.5 Å². The summed E-state index contributed by atoms with van der Waals surface area (Å²) in [7, 11) is 1.49. The topological polar surface area (TPSA) is 84.3 Å². The molecule has 0 aliphatic heterocycles. The summed E-state index contributed by atoms with van der Waals surface area (Å²) in [4.78, 5) is 18.8. The molecule has 19 heavy (non-hydrogen) atoms. The predicted octanol–water partition coefficient (Wildman–Crippen LogP) is 2.58. The number of aromatic nitrogens is 2. The smallest absolute Gasteiger partial charge is 0.335 e. The van der Waals surface area contributed by atoms with E-state index in [1.807, 2.05) is 0 Å². The number of carbonyl (C=O) groups is 1. The average molecular weight is 280 g/mol. The number of ether oxygens (including phenoxy) is 1. The number of methoxy groups -OCH3 is 1. The molecule has 0 bridgehead atoms. The van der Waals surface area contributed by atoms with Crippen molar-refractivity contribution in [3.05, 3.63) is 41.3 Å². The monoisotopic (exact) mass is 279 g/mol. The summed E-state index contributed by atoms with van der Waals surface area (Å²) in [6.45, 7) is 0. The molecule has 2 rings (SSSR count). The minimum absolute atomic E-state index is 0.137. The van der Waals surface area contributed by atoms with Crippen molar-refractivity contribution in [2.75, 3.05) is 12.4 Å². The predicted molar refractivity (Wildman–Crippen MR) is 70.3 cm³/mol. The number of carboxylic acid groups (broad SMARTS) is 1. The average Bonchev–Trinajstić information content (AvgIpc) is 2.38. The molecule has 1 heterocycles. The van der Waals surface area contributed by atoms with Gasteiger partial charge >= 0.3 is 5.97 Å². The van der Waals surface area contributed by atoms with Gasteiger partial charge in [0.25, 0.3) is 0 Å². The van der Waals surface area contributed by atoms with Crippen LogP contribution in [0.25, 0.3) is 0 Å². The Bertz CT molecular complexity index is 619. The number of benzene rings is 1. The van der Waals surface area contributed by atoms with Gasteiger partial charge in [0.15, 0.2) is 5.82 Å². The fourth-order valence-corrected chi connectivity index (χ4v) is 1.63. The van der Waals surface area contributed by atoms with E-state index in [0.717, 1.165) is 0 Å². The van der Waals surface area contributed by atoms with Crippen LogP contribution in [0, 0.1) is 0 Å². The Morgan fingerprint density at radius 1 is 1.42 bits per heavy atom. The van der Waals surface area contributed by atoms with E-state index in [-0.39, 0.29) is 10.7 Å². The quantitative estimate of drug-likeness (QED) is 0.895. The number of nitrogens with one attached hydrogen (secondary N) is 1. The molecule has 0 aliphatic rings. The maximum Gasteiger partial charge on any atom is 0.335 e. The van der Waals surface area contributed by atoms with Gasteiger partial charge in [0, 0.05) is 0 Å². The third kappa shape index (κ3) is 3.11. The number of hydrogen-bond donors (Lipinski definition) is 2. The van der Waals surface area contributed by atoms with E-state index in [0.29, 0.717) is 17.3 Å².